The minimum Gasteiger partial charge on any atom is -0.371 e. The molecule has 0 aromatic carbocycles. The van der Waals surface area contributed by atoms with Gasteiger partial charge in [0.05, 0.1) is 18.6 Å². The van der Waals surface area contributed by atoms with Crippen molar-refractivity contribution in [1.82, 2.24) is 34.6 Å². The third-order valence-corrected chi connectivity index (χ3v) is 4.47. The van der Waals surface area contributed by atoms with Crippen LogP contribution in [-0.4, -0.2) is 61.4 Å². The number of H-pyrrole nitrogens is 1. The Morgan fingerprint density at radius 1 is 1.40 bits per heavy atom. The molecule has 1 atom stereocenters. The number of fused-ring (bicyclic) bond motifs is 1. The van der Waals surface area contributed by atoms with Gasteiger partial charge in [0.1, 0.15) is 11.6 Å². The Bertz CT molecular complexity index is 857. The van der Waals surface area contributed by atoms with Gasteiger partial charge in [-0.25, -0.2) is 15.0 Å². The van der Waals surface area contributed by atoms with E-state index in [9.17, 15) is 0 Å². The van der Waals surface area contributed by atoms with E-state index in [0.717, 1.165) is 37.5 Å². The summed E-state index contributed by atoms with van der Waals surface area (Å²) in [5.41, 5.74) is 2.67. The highest BCUT2D eigenvalue weighted by Crippen LogP contribution is 2.24. The van der Waals surface area contributed by atoms with Gasteiger partial charge >= 0.3 is 0 Å². The van der Waals surface area contributed by atoms with Crippen molar-refractivity contribution in [2.45, 2.75) is 26.1 Å². The Balaban J connectivity index is 1.55. The number of ether oxygens (including phenoxy) is 1. The van der Waals surface area contributed by atoms with Crippen molar-refractivity contribution < 1.29 is 4.74 Å². The van der Waals surface area contributed by atoms with E-state index < -0.39 is 0 Å². The van der Waals surface area contributed by atoms with E-state index in [1.807, 2.05) is 17.9 Å². The molecule has 0 radical (unpaired) electrons. The molecule has 0 aliphatic carbocycles. The van der Waals surface area contributed by atoms with Gasteiger partial charge in [0.25, 0.3) is 0 Å². The largest absolute Gasteiger partial charge is 0.371 e. The molecule has 4 rings (SSSR count). The molecule has 132 valence electrons. The molecule has 0 amide bonds. The first kappa shape index (κ1) is 16.0. The fraction of sp³-hybridized carbons (Fsp3) is 0.500. The molecule has 0 saturated carbocycles. The number of hydrogen-bond acceptors (Lipinski definition) is 7. The lowest BCUT2D eigenvalue weighted by atomic mass is 10.2. The Kier molecular flexibility index (Phi) is 4.33. The zero-order valence-corrected chi connectivity index (χ0v) is 14.4. The quantitative estimate of drug-likeness (QED) is 0.719. The minimum absolute atomic E-state index is 0.167. The average Bonchev–Trinajstić information content (AvgIpc) is 3.29. The second-order valence-electron chi connectivity index (χ2n) is 6.01. The van der Waals surface area contributed by atoms with Crippen molar-refractivity contribution in [1.29, 1.82) is 0 Å². The Hall–Kier alpha value is -2.52. The van der Waals surface area contributed by atoms with Crippen LogP contribution in [0.3, 0.4) is 0 Å². The number of aromatic amines is 1. The van der Waals surface area contributed by atoms with Crippen LogP contribution in [0.2, 0.25) is 0 Å². The molecule has 9 nitrogen and oxygen atoms in total. The smallest absolute Gasteiger partial charge is 0.183 e. The number of rotatable bonds is 5. The van der Waals surface area contributed by atoms with Gasteiger partial charge in [0.2, 0.25) is 0 Å². The molecule has 2 N–H and O–H groups in total. The fourth-order valence-corrected chi connectivity index (χ4v) is 3.19. The third kappa shape index (κ3) is 3.08. The monoisotopic (exact) mass is 342 g/mol. The molecule has 1 unspecified atom stereocenters. The molecule has 3 aromatic heterocycles. The van der Waals surface area contributed by atoms with Crippen LogP contribution in [0.4, 0.5) is 5.82 Å². The molecule has 1 saturated heterocycles. The number of nitrogens with zero attached hydrogens (tertiary/aromatic N) is 6. The van der Waals surface area contributed by atoms with Crippen molar-refractivity contribution in [3.8, 4) is 0 Å². The van der Waals surface area contributed by atoms with E-state index >= 15 is 0 Å². The van der Waals surface area contributed by atoms with E-state index in [2.05, 4.69) is 48.2 Å². The topological polar surface area (TPSA) is 96.8 Å². The SMILES string of the molecule is CCn1nccc1CN1CCOC(c2nc(NC)c3[nH]cnc3n2)C1. The van der Waals surface area contributed by atoms with Crippen LogP contribution < -0.4 is 5.32 Å². The standard InChI is InChI=1S/C16H22N8O/c1-3-24-11(4-5-20-24)8-23-6-7-25-12(9-23)14-21-15(17-2)13-16(22-14)19-10-18-13/h4-5,10,12H,3,6-9H2,1-2H3,(H2,17,18,19,21,22). The second-order valence-corrected chi connectivity index (χ2v) is 6.01. The van der Waals surface area contributed by atoms with Gasteiger partial charge in [0.15, 0.2) is 17.3 Å². The summed E-state index contributed by atoms with van der Waals surface area (Å²) in [6.45, 7) is 6.10. The van der Waals surface area contributed by atoms with Crippen molar-refractivity contribution in [2.75, 3.05) is 32.1 Å². The van der Waals surface area contributed by atoms with Gasteiger partial charge in [-0.2, -0.15) is 5.10 Å². The molecule has 4 heterocycles. The summed E-state index contributed by atoms with van der Waals surface area (Å²) >= 11 is 0. The predicted octanol–water partition coefficient (Wildman–Crippen LogP) is 1.18. The summed E-state index contributed by atoms with van der Waals surface area (Å²) in [4.78, 5) is 18.9. The number of aromatic nitrogens is 6. The summed E-state index contributed by atoms with van der Waals surface area (Å²) in [5, 5.41) is 7.44. The van der Waals surface area contributed by atoms with E-state index in [1.165, 1.54) is 5.69 Å². The van der Waals surface area contributed by atoms with E-state index in [0.29, 0.717) is 18.1 Å². The lowest BCUT2D eigenvalue weighted by Crippen LogP contribution is -2.39. The van der Waals surface area contributed by atoms with Crippen LogP contribution in [-0.2, 0) is 17.8 Å². The van der Waals surface area contributed by atoms with Crippen molar-refractivity contribution in [3.05, 3.63) is 30.1 Å². The number of anilines is 1. The summed E-state index contributed by atoms with van der Waals surface area (Å²) in [6.07, 6.45) is 3.31. The maximum absolute atomic E-state index is 5.94. The Morgan fingerprint density at radius 3 is 3.16 bits per heavy atom. The normalized spacial score (nSPS) is 18.7. The number of aryl methyl sites for hydroxylation is 1. The molecule has 1 fully saturated rings. The minimum atomic E-state index is -0.167. The highest BCUT2D eigenvalue weighted by molar-refractivity contribution is 5.82. The van der Waals surface area contributed by atoms with Crippen LogP contribution in [0.25, 0.3) is 11.2 Å². The molecule has 9 heteroatoms. The maximum Gasteiger partial charge on any atom is 0.183 e. The summed E-state index contributed by atoms with van der Waals surface area (Å²) in [5.74, 6) is 1.40. The number of hydrogen-bond donors (Lipinski definition) is 2. The number of morpholine rings is 1. The molecular formula is C16H22N8O. The molecule has 3 aromatic rings. The first-order valence-corrected chi connectivity index (χ1v) is 8.52. The number of imidazole rings is 1. The van der Waals surface area contributed by atoms with Crippen LogP contribution in [0, 0.1) is 0 Å². The molecule has 1 aliphatic rings. The molecule has 25 heavy (non-hydrogen) atoms. The zero-order chi connectivity index (χ0) is 17.2. The van der Waals surface area contributed by atoms with Gasteiger partial charge in [-0.3, -0.25) is 9.58 Å². The maximum atomic E-state index is 5.94. The van der Waals surface area contributed by atoms with Crippen molar-refractivity contribution >= 4 is 17.0 Å². The zero-order valence-electron chi connectivity index (χ0n) is 14.4. The van der Waals surface area contributed by atoms with E-state index in [-0.39, 0.29) is 6.10 Å². The van der Waals surface area contributed by atoms with Gasteiger partial charge in [-0.05, 0) is 13.0 Å². The van der Waals surface area contributed by atoms with E-state index in [1.54, 1.807) is 6.33 Å². The van der Waals surface area contributed by atoms with E-state index in [4.69, 9.17) is 4.74 Å². The molecular weight excluding hydrogens is 320 g/mol. The van der Waals surface area contributed by atoms with Gasteiger partial charge < -0.3 is 15.0 Å². The molecule has 1 aliphatic heterocycles. The lowest BCUT2D eigenvalue weighted by Gasteiger charge is -2.32. The fourth-order valence-electron chi connectivity index (χ4n) is 3.19. The predicted molar refractivity (Wildman–Crippen MR) is 93.1 cm³/mol. The summed E-state index contributed by atoms with van der Waals surface area (Å²) < 4.78 is 7.96. The van der Waals surface area contributed by atoms with Crippen LogP contribution in [0.1, 0.15) is 24.5 Å². The van der Waals surface area contributed by atoms with Crippen molar-refractivity contribution in [2.24, 2.45) is 0 Å². The van der Waals surface area contributed by atoms with Gasteiger partial charge in [-0.1, -0.05) is 0 Å². The first-order valence-electron chi connectivity index (χ1n) is 8.52. The Labute approximate surface area is 145 Å². The summed E-state index contributed by atoms with van der Waals surface area (Å²) in [6, 6.07) is 2.07. The lowest BCUT2D eigenvalue weighted by molar-refractivity contribution is -0.0377. The highest BCUT2D eigenvalue weighted by atomic mass is 16.5. The molecule has 0 spiro atoms. The summed E-state index contributed by atoms with van der Waals surface area (Å²) in [7, 11) is 1.84. The van der Waals surface area contributed by atoms with Crippen molar-refractivity contribution in [3.63, 3.8) is 0 Å². The second kappa shape index (κ2) is 6.77. The highest BCUT2D eigenvalue weighted by Gasteiger charge is 2.26. The van der Waals surface area contributed by atoms with Crippen LogP contribution in [0.5, 0.6) is 0 Å². The third-order valence-electron chi connectivity index (χ3n) is 4.47. The Morgan fingerprint density at radius 2 is 2.32 bits per heavy atom. The van der Waals surface area contributed by atoms with Crippen LogP contribution >= 0.6 is 0 Å². The van der Waals surface area contributed by atoms with Gasteiger partial charge in [0, 0.05) is 39.4 Å². The van der Waals surface area contributed by atoms with Crippen LogP contribution in [0.15, 0.2) is 18.6 Å². The first-order chi connectivity index (χ1) is 12.3. The van der Waals surface area contributed by atoms with Gasteiger partial charge in [-0.15, -0.1) is 0 Å². The molecule has 0 bridgehead atoms. The average molecular weight is 342 g/mol. The number of nitrogens with one attached hydrogen (secondary N) is 2.